The van der Waals surface area contributed by atoms with Crippen LogP contribution in [0.4, 0.5) is 0 Å². The van der Waals surface area contributed by atoms with E-state index in [-0.39, 0.29) is 21.4 Å². The Hall–Kier alpha value is -3.56. The second-order valence-corrected chi connectivity index (χ2v) is 8.27. The highest BCUT2D eigenvalue weighted by molar-refractivity contribution is 7.87. The molecule has 1 amide bonds. The summed E-state index contributed by atoms with van der Waals surface area (Å²) in [7, 11) is -1.23. The number of methoxy groups -OCH3 is 2. The van der Waals surface area contributed by atoms with Gasteiger partial charge in [0.15, 0.2) is 5.75 Å². The van der Waals surface area contributed by atoms with Crippen LogP contribution < -0.4 is 19.1 Å². The summed E-state index contributed by atoms with van der Waals surface area (Å²) in [5.74, 6) is 0.136. The lowest BCUT2D eigenvalue weighted by Crippen LogP contribution is -2.17. The first kappa shape index (κ1) is 23.1. The van der Waals surface area contributed by atoms with Crippen LogP contribution in [0.2, 0.25) is 5.02 Å². The fraction of sp³-hybridized carbons (Fsp3) is 0.0909. The molecule has 0 saturated carbocycles. The maximum atomic E-state index is 12.5. The van der Waals surface area contributed by atoms with Crippen LogP contribution in [0, 0.1) is 0 Å². The molecule has 0 fully saturated rings. The van der Waals surface area contributed by atoms with Crippen molar-refractivity contribution in [1.82, 2.24) is 5.43 Å². The highest BCUT2D eigenvalue weighted by Gasteiger charge is 2.21. The Bertz CT molecular complexity index is 1230. The normalized spacial score (nSPS) is 11.2. The fourth-order valence-corrected chi connectivity index (χ4v) is 3.89. The summed E-state index contributed by atoms with van der Waals surface area (Å²) in [5, 5.41) is 3.89. The molecular formula is C22H19ClN2O6S. The zero-order valence-electron chi connectivity index (χ0n) is 17.1. The molecule has 0 radical (unpaired) electrons. The highest BCUT2D eigenvalue weighted by atomic mass is 35.5. The first-order valence-electron chi connectivity index (χ1n) is 9.18. The van der Waals surface area contributed by atoms with Gasteiger partial charge in [-0.3, -0.25) is 4.79 Å². The predicted octanol–water partition coefficient (Wildman–Crippen LogP) is 3.89. The number of amides is 1. The molecule has 0 atom stereocenters. The van der Waals surface area contributed by atoms with Gasteiger partial charge in [-0.2, -0.15) is 13.5 Å². The Labute approximate surface area is 190 Å². The molecule has 0 bridgehead atoms. The van der Waals surface area contributed by atoms with Crippen molar-refractivity contribution < 1.29 is 26.9 Å². The van der Waals surface area contributed by atoms with Gasteiger partial charge < -0.3 is 13.7 Å². The minimum absolute atomic E-state index is 0.00760. The Kier molecular flexibility index (Phi) is 7.34. The van der Waals surface area contributed by atoms with Crippen molar-refractivity contribution in [2.24, 2.45) is 5.10 Å². The Balaban J connectivity index is 1.76. The molecule has 0 aliphatic carbocycles. The molecule has 0 saturated heterocycles. The topological polar surface area (TPSA) is 103 Å². The third-order valence-corrected chi connectivity index (χ3v) is 5.72. The Morgan fingerprint density at radius 1 is 1.00 bits per heavy atom. The van der Waals surface area contributed by atoms with Crippen LogP contribution in [0.25, 0.3) is 0 Å². The van der Waals surface area contributed by atoms with Gasteiger partial charge in [0.25, 0.3) is 5.91 Å². The number of rotatable bonds is 8. The fourth-order valence-electron chi connectivity index (χ4n) is 2.61. The number of nitrogens with one attached hydrogen (secondary N) is 1. The third kappa shape index (κ3) is 5.57. The number of hydrogen-bond acceptors (Lipinski definition) is 7. The lowest BCUT2D eigenvalue weighted by atomic mass is 10.2. The van der Waals surface area contributed by atoms with Gasteiger partial charge in [0.2, 0.25) is 5.75 Å². The monoisotopic (exact) mass is 474 g/mol. The number of ether oxygens (including phenoxy) is 2. The average molecular weight is 475 g/mol. The molecule has 0 heterocycles. The summed E-state index contributed by atoms with van der Waals surface area (Å²) in [6.45, 7) is 0. The molecule has 0 aliphatic heterocycles. The number of carbonyl (C=O) groups is 1. The lowest BCUT2D eigenvalue weighted by molar-refractivity contribution is 0.0955. The van der Waals surface area contributed by atoms with E-state index >= 15 is 0 Å². The predicted molar refractivity (Wildman–Crippen MR) is 120 cm³/mol. The largest absolute Gasteiger partial charge is 0.497 e. The second-order valence-electron chi connectivity index (χ2n) is 6.31. The molecule has 32 heavy (non-hydrogen) atoms. The van der Waals surface area contributed by atoms with E-state index < -0.39 is 16.0 Å². The van der Waals surface area contributed by atoms with E-state index in [9.17, 15) is 13.2 Å². The Morgan fingerprint density at radius 3 is 2.31 bits per heavy atom. The summed E-state index contributed by atoms with van der Waals surface area (Å²) >= 11 is 6.24. The van der Waals surface area contributed by atoms with Gasteiger partial charge in [-0.1, -0.05) is 29.8 Å². The molecule has 3 rings (SSSR count). The molecular weight excluding hydrogens is 456 g/mol. The van der Waals surface area contributed by atoms with E-state index in [1.165, 1.54) is 44.7 Å². The summed E-state index contributed by atoms with van der Waals surface area (Å²) < 4.78 is 40.5. The van der Waals surface area contributed by atoms with E-state index in [1.54, 1.807) is 42.5 Å². The molecule has 10 heteroatoms. The van der Waals surface area contributed by atoms with Crippen LogP contribution in [-0.2, 0) is 10.1 Å². The lowest BCUT2D eigenvalue weighted by Gasteiger charge is -2.13. The van der Waals surface area contributed by atoms with Crippen molar-refractivity contribution in [3.63, 3.8) is 0 Å². The third-order valence-electron chi connectivity index (χ3n) is 4.21. The van der Waals surface area contributed by atoms with E-state index in [0.29, 0.717) is 16.9 Å². The summed E-state index contributed by atoms with van der Waals surface area (Å²) in [6, 6.07) is 17.1. The summed E-state index contributed by atoms with van der Waals surface area (Å²) in [5.41, 5.74) is 3.24. The SMILES string of the molecule is COc1ccc(C(=O)NN=Cc2cc(Cl)c(OS(=O)(=O)c3ccccc3)c(OC)c2)cc1. The zero-order valence-corrected chi connectivity index (χ0v) is 18.7. The van der Waals surface area contributed by atoms with Crippen molar-refractivity contribution in [1.29, 1.82) is 0 Å². The van der Waals surface area contributed by atoms with Crippen molar-refractivity contribution in [3.05, 3.63) is 82.9 Å². The average Bonchev–Trinajstić information content (AvgIpc) is 2.81. The number of hydrogen-bond donors (Lipinski definition) is 1. The smallest absolute Gasteiger partial charge is 0.339 e. The standard InChI is InChI=1S/C22H19ClN2O6S/c1-29-17-10-8-16(9-11-17)22(26)25-24-14-15-12-19(23)21(20(13-15)30-2)31-32(27,28)18-6-4-3-5-7-18/h3-14H,1-2H3,(H,25,26). The zero-order chi connectivity index (χ0) is 23.1. The van der Waals surface area contributed by atoms with Crippen LogP contribution in [0.1, 0.15) is 15.9 Å². The van der Waals surface area contributed by atoms with Gasteiger partial charge in [-0.25, -0.2) is 5.43 Å². The summed E-state index contributed by atoms with van der Waals surface area (Å²) in [6.07, 6.45) is 1.34. The molecule has 3 aromatic rings. The van der Waals surface area contributed by atoms with Crippen LogP contribution in [0.15, 0.2) is 76.7 Å². The number of carbonyl (C=O) groups excluding carboxylic acids is 1. The van der Waals surface area contributed by atoms with Crippen LogP contribution >= 0.6 is 11.6 Å². The molecule has 8 nitrogen and oxygen atoms in total. The van der Waals surface area contributed by atoms with E-state index in [1.807, 2.05) is 0 Å². The van der Waals surface area contributed by atoms with Crippen molar-refractivity contribution in [2.75, 3.05) is 14.2 Å². The molecule has 3 aromatic carbocycles. The van der Waals surface area contributed by atoms with Crippen molar-refractivity contribution >= 4 is 33.8 Å². The first-order chi connectivity index (χ1) is 15.3. The van der Waals surface area contributed by atoms with Gasteiger partial charge in [-0.05, 0) is 54.1 Å². The molecule has 0 spiro atoms. The van der Waals surface area contributed by atoms with Crippen LogP contribution in [-0.4, -0.2) is 34.8 Å². The van der Waals surface area contributed by atoms with Crippen LogP contribution in [0.5, 0.6) is 17.2 Å². The summed E-state index contributed by atoms with van der Waals surface area (Å²) in [4.78, 5) is 12.1. The number of hydrazone groups is 1. The van der Waals surface area contributed by atoms with E-state index in [0.717, 1.165) is 0 Å². The molecule has 1 N–H and O–H groups in total. The first-order valence-corrected chi connectivity index (χ1v) is 11.0. The number of halogens is 1. The van der Waals surface area contributed by atoms with Gasteiger partial charge in [0.05, 0.1) is 25.5 Å². The van der Waals surface area contributed by atoms with E-state index in [4.69, 9.17) is 25.3 Å². The van der Waals surface area contributed by atoms with Gasteiger partial charge >= 0.3 is 10.1 Å². The quantitative estimate of drug-likeness (QED) is 0.302. The molecule has 0 unspecified atom stereocenters. The number of nitrogens with zero attached hydrogens (tertiary/aromatic N) is 1. The minimum Gasteiger partial charge on any atom is -0.497 e. The molecule has 0 aromatic heterocycles. The maximum Gasteiger partial charge on any atom is 0.339 e. The second kappa shape index (κ2) is 10.2. The van der Waals surface area contributed by atoms with Crippen LogP contribution in [0.3, 0.4) is 0 Å². The molecule has 166 valence electrons. The molecule has 0 aliphatic rings. The van der Waals surface area contributed by atoms with E-state index in [2.05, 4.69) is 10.5 Å². The van der Waals surface area contributed by atoms with Gasteiger partial charge in [0, 0.05) is 5.56 Å². The van der Waals surface area contributed by atoms with Crippen molar-refractivity contribution in [2.45, 2.75) is 4.90 Å². The number of benzene rings is 3. The minimum atomic E-state index is -4.11. The highest BCUT2D eigenvalue weighted by Crippen LogP contribution is 2.38. The Morgan fingerprint density at radius 2 is 1.69 bits per heavy atom. The maximum absolute atomic E-state index is 12.5. The van der Waals surface area contributed by atoms with Gasteiger partial charge in [0.1, 0.15) is 10.6 Å². The van der Waals surface area contributed by atoms with Gasteiger partial charge in [-0.15, -0.1) is 0 Å². The van der Waals surface area contributed by atoms with Crippen molar-refractivity contribution in [3.8, 4) is 17.2 Å².